The predicted octanol–water partition coefficient (Wildman–Crippen LogP) is 2.51. The van der Waals surface area contributed by atoms with E-state index in [2.05, 4.69) is 42.4 Å². The highest BCUT2D eigenvalue weighted by atomic mass is 14.7. The molecule has 0 amide bonds. The van der Waals surface area contributed by atoms with Crippen LogP contribution in [0.3, 0.4) is 0 Å². The number of rotatable bonds is 2. The van der Waals surface area contributed by atoms with Crippen molar-refractivity contribution in [2.24, 2.45) is 0 Å². The first-order valence-electron chi connectivity index (χ1n) is 5.95. The Kier molecular flexibility index (Phi) is 4.96. The van der Waals surface area contributed by atoms with Gasteiger partial charge in [0.15, 0.2) is 0 Å². The van der Waals surface area contributed by atoms with E-state index in [-0.39, 0.29) is 0 Å². The number of hydrogen-bond acceptors (Lipinski definition) is 0. The third-order valence-corrected chi connectivity index (χ3v) is 2.41. The van der Waals surface area contributed by atoms with Gasteiger partial charge in [0.05, 0.1) is 0 Å². The van der Waals surface area contributed by atoms with E-state index in [0.717, 1.165) is 6.42 Å². The molecule has 0 saturated heterocycles. The van der Waals surface area contributed by atoms with Crippen molar-refractivity contribution < 1.29 is 0 Å². The van der Waals surface area contributed by atoms with Crippen LogP contribution in [0.5, 0.6) is 0 Å². The van der Waals surface area contributed by atoms with Crippen molar-refractivity contribution >= 4 is 12.2 Å². The molecule has 1 aliphatic rings. The van der Waals surface area contributed by atoms with E-state index in [1.165, 1.54) is 29.0 Å². The number of nitrogens with one attached hydrogen (secondary N) is 1. The van der Waals surface area contributed by atoms with Gasteiger partial charge in [-0.1, -0.05) is 45.4 Å². The Morgan fingerprint density at radius 3 is 2.87 bits per heavy atom. The zero-order valence-corrected chi connectivity index (χ0v) is 10.0. The number of aryl methyl sites for hydroxylation is 1. The summed E-state index contributed by atoms with van der Waals surface area (Å²) in [6, 6.07) is 0. The van der Waals surface area contributed by atoms with E-state index in [1.807, 2.05) is 13.8 Å². The number of allylic oxidation sites excluding steroid dienone is 2. The topological polar surface area (TPSA) is 15.8 Å². The van der Waals surface area contributed by atoms with Gasteiger partial charge in [-0.05, 0) is 29.7 Å². The molecule has 1 heteroatoms. The van der Waals surface area contributed by atoms with Crippen LogP contribution < -0.4 is 10.6 Å². The lowest BCUT2D eigenvalue weighted by molar-refractivity contribution is 0.917. The second-order valence-corrected chi connectivity index (χ2v) is 3.43. The molecular weight excluding hydrogens is 182 g/mol. The molecule has 0 bridgehead atoms. The predicted molar refractivity (Wildman–Crippen MR) is 68.1 cm³/mol. The van der Waals surface area contributed by atoms with Crippen LogP contribution in [0.15, 0.2) is 18.3 Å². The molecule has 0 spiro atoms. The van der Waals surface area contributed by atoms with Crippen molar-refractivity contribution in [2.75, 3.05) is 0 Å². The zero-order valence-electron chi connectivity index (χ0n) is 10.0. The van der Waals surface area contributed by atoms with Crippen molar-refractivity contribution in [3.05, 3.63) is 34.5 Å². The summed E-state index contributed by atoms with van der Waals surface area (Å²) < 4.78 is 0. The number of aromatic nitrogens is 1. The number of aromatic amines is 1. The molecule has 0 aromatic carbocycles. The van der Waals surface area contributed by atoms with Gasteiger partial charge in [0.1, 0.15) is 0 Å². The third kappa shape index (κ3) is 2.85. The quantitative estimate of drug-likeness (QED) is 0.760. The maximum Gasteiger partial charge on any atom is 0.0453 e. The van der Waals surface area contributed by atoms with E-state index in [4.69, 9.17) is 0 Å². The van der Waals surface area contributed by atoms with Gasteiger partial charge in [0, 0.05) is 11.5 Å². The molecule has 0 unspecified atom stereocenters. The Labute approximate surface area is 92.2 Å². The summed E-state index contributed by atoms with van der Waals surface area (Å²) in [5.74, 6) is 0. The van der Waals surface area contributed by atoms with Crippen molar-refractivity contribution in [1.29, 1.82) is 0 Å². The van der Waals surface area contributed by atoms with Crippen LogP contribution in [0.25, 0.3) is 12.2 Å². The summed E-state index contributed by atoms with van der Waals surface area (Å²) in [5.41, 5.74) is 1.46. The third-order valence-electron chi connectivity index (χ3n) is 2.41. The maximum absolute atomic E-state index is 3.31. The SMILES string of the molecule is CC.CCCc1c[nH]c2c1=CCC=CC=2. The van der Waals surface area contributed by atoms with Crippen molar-refractivity contribution in [1.82, 2.24) is 4.98 Å². The van der Waals surface area contributed by atoms with Crippen LogP contribution >= 0.6 is 0 Å². The first kappa shape index (κ1) is 11.8. The van der Waals surface area contributed by atoms with Gasteiger partial charge >= 0.3 is 0 Å². The monoisotopic (exact) mass is 203 g/mol. The summed E-state index contributed by atoms with van der Waals surface area (Å²) in [5, 5.41) is 2.67. The Bertz CT molecular complexity index is 421. The molecule has 1 aromatic heterocycles. The molecule has 2 rings (SSSR count). The minimum Gasteiger partial charge on any atom is -0.361 e. The van der Waals surface area contributed by atoms with E-state index in [9.17, 15) is 0 Å². The van der Waals surface area contributed by atoms with Gasteiger partial charge in [-0.25, -0.2) is 0 Å². The number of hydrogen-bond donors (Lipinski definition) is 1. The van der Waals surface area contributed by atoms with Crippen LogP contribution in [-0.4, -0.2) is 4.98 Å². The first-order chi connectivity index (χ1) is 7.42. The summed E-state index contributed by atoms with van der Waals surface area (Å²) in [6.45, 7) is 6.22. The summed E-state index contributed by atoms with van der Waals surface area (Å²) in [4.78, 5) is 3.31. The highest BCUT2D eigenvalue weighted by Gasteiger charge is 1.98. The normalized spacial score (nSPS) is 12.7. The molecule has 0 atom stereocenters. The molecule has 1 nitrogen and oxygen atoms in total. The smallest absolute Gasteiger partial charge is 0.0453 e. The number of H-pyrrole nitrogens is 1. The fourth-order valence-corrected chi connectivity index (χ4v) is 1.78. The summed E-state index contributed by atoms with van der Waals surface area (Å²) in [6.07, 6.45) is 14.3. The van der Waals surface area contributed by atoms with Gasteiger partial charge in [0.25, 0.3) is 0 Å². The standard InChI is InChI=1S/C12H15N.C2H6/c1-2-6-10-9-13-12-8-5-3-4-7-11(10)12;1-2/h3,5,7-9,13H,2,4,6H2,1H3;1-2H3. The van der Waals surface area contributed by atoms with E-state index in [1.54, 1.807) is 0 Å². The lowest BCUT2D eigenvalue weighted by Gasteiger charge is -1.90. The Morgan fingerprint density at radius 2 is 2.13 bits per heavy atom. The minimum absolute atomic E-state index is 1.05. The van der Waals surface area contributed by atoms with Crippen LogP contribution in [0.4, 0.5) is 0 Å². The molecule has 1 aliphatic carbocycles. The van der Waals surface area contributed by atoms with Crippen LogP contribution in [0.1, 0.15) is 39.2 Å². The molecule has 82 valence electrons. The van der Waals surface area contributed by atoms with Crippen molar-refractivity contribution in [3.8, 4) is 0 Å². The molecular formula is C14H21N. The highest BCUT2D eigenvalue weighted by molar-refractivity contribution is 5.44. The Hall–Kier alpha value is -1.24. The molecule has 0 saturated carbocycles. The lowest BCUT2D eigenvalue weighted by Crippen LogP contribution is -2.24. The largest absolute Gasteiger partial charge is 0.361 e. The minimum atomic E-state index is 1.05. The van der Waals surface area contributed by atoms with Crippen LogP contribution in [-0.2, 0) is 6.42 Å². The fraction of sp³-hybridized carbons (Fsp3) is 0.429. The van der Waals surface area contributed by atoms with Crippen LogP contribution in [0, 0.1) is 0 Å². The van der Waals surface area contributed by atoms with E-state index >= 15 is 0 Å². The molecule has 0 radical (unpaired) electrons. The van der Waals surface area contributed by atoms with E-state index < -0.39 is 0 Å². The highest BCUT2D eigenvalue weighted by Crippen LogP contribution is 1.95. The summed E-state index contributed by atoms with van der Waals surface area (Å²) in [7, 11) is 0. The van der Waals surface area contributed by atoms with Gasteiger partial charge in [-0.15, -0.1) is 0 Å². The fourth-order valence-electron chi connectivity index (χ4n) is 1.78. The van der Waals surface area contributed by atoms with Crippen LogP contribution in [0.2, 0.25) is 0 Å². The van der Waals surface area contributed by atoms with Gasteiger partial charge in [-0.3, -0.25) is 0 Å². The van der Waals surface area contributed by atoms with Crippen molar-refractivity contribution in [3.63, 3.8) is 0 Å². The molecule has 1 aromatic rings. The van der Waals surface area contributed by atoms with E-state index in [0.29, 0.717) is 0 Å². The summed E-state index contributed by atoms with van der Waals surface area (Å²) >= 11 is 0. The average Bonchev–Trinajstić information content (AvgIpc) is 2.53. The number of fused-ring (bicyclic) bond motifs is 1. The second-order valence-electron chi connectivity index (χ2n) is 3.43. The molecule has 1 N–H and O–H groups in total. The average molecular weight is 203 g/mol. The molecule has 0 aliphatic heterocycles. The molecule has 15 heavy (non-hydrogen) atoms. The maximum atomic E-state index is 3.31. The van der Waals surface area contributed by atoms with Gasteiger partial charge in [-0.2, -0.15) is 0 Å². The zero-order chi connectivity index (χ0) is 11.1. The van der Waals surface area contributed by atoms with Gasteiger partial charge < -0.3 is 4.98 Å². The first-order valence-corrected chi connectivity index (χ1v) is 5.95. The Morgan fingerprint density at radius 1 is 1.33 bits per heavy atom. The lowest BCUT2D eigenvalue weighted by atomic mass is 10.1. The van der Waals surface area contributed by atoms with Gasteiger partial charge in [0.2, 0.25) is 0 Å². The molecule has 1 heterocycles. The molecule has 0 fully saturated rings. The Balaban J connectivity index is 0.000000531. The van der Waals surface area contributed by atoms with Crippen molar-refractivity contribution in [2.45, 2.75) is 40.0 Å². The second kappa shape index (κ2) is 6.28.